The van der Waals surface area contributed by atoms with Gasteiger partial charge in [0.15, 0.2) is 0 Å². The molecule has 0 aliphatic carbocycles. The summed E-state index contributed by atoms with van der Waals surface area (Å²) in [5.41, 5.74) is 0. The Balaban J connectivity index is 2.23. The molecule has 1 unspecified atom stereocenters. The van der Waals surface area contributed by atoms with E-state index in [1.807, 2.05) is 4.90 Å². The average Bonchev–Trinajstić information content (AvgIpc) is 2.63. The van der Waals surface area contributed by atoms with Gasteiger partial charge in [-0.2, -0.15) is 0 Å². The molecule has 0 N–H and O–H groups in total. The summed E-state index contributed by atoms with van der Waals surface area (Å²) >= 11 is 0. The van der Waals surface area contributed by atoms with Crippen molar-refractivity contribution in [2.24, 2.45) is 5.92 Å². The lowest BCUT2D eigenvalue weighted by molar-refractivity contribution is -0.130. The quantitative estimate of drug-likeness (QED) is 0.674. The lowest BCUT2D eigenvalue weighted by Crippen LogP contribution is -2.28. The molecule has 0 aromatic carbocycles. The van der Waals surface area contributed by atoms with Crippen molar-refractivity contribution in [1.29, 1.82) is 0 Å². The molecular formula is C11H21NO2. The average molecular weight is 199 g/mol. The predicted molar refractivity (Wildman–Crippen MR) is 56.1 cm³/mol. The Labute approximate surface area is 86.4 Å². The lowest BCUT2D eigenvalue weighted by atomic mass is 10.1. The zero-order chi connectivity index (χ0) is 10.4. The number of hydrogen-bond donors (Lipinski definition) is 0. The molecular weight excluding hydrogens is 178 g/mol. The molecule has 3 heteroatoms. The van der Waals surface area contributed by atoms with E-state index in [9.17, 15) is 4.79 Å². The molecule has 1 fully saturated rings. The summed E-state index contributed by atoms with van der Waals surface area (Å²) in [7, 11) is 1.72. The highest BCUT2D eigenvalue weighted by Gasteiger charge is 2.25. The standard InChI is InChI=1S/C11H21NO2/c1-3-4-5-11(13)12-7-6-10(8-12)9-14-2/h10H,3-9H2,1-2H3. The van der Waals surface area contributed by atoms with Crippen molar-refractivity contribution in [2.45, 2.75) is 32.6 Å². The predicted octanol–water partition coefficient (Wildman–Crippen LogP) is 1.67. The zero-order valence-corrected chi connectivity index (χ0v) is 9.29. The Morgan fingerprint density at radius 3 is 3.00 bits per heavy atom. The van der Waals surface area contributed by atoms with Crippen LogP contribution in [0.1, 0.15) is 32.6 Å². The molecule has 1 aliphatic heterocycles. The summed E-state index contributed by atoms with van der Waals surface area (Å²) in [5.74, 6) is 0.885. The van der Waals surface area contributed by atoms with Gasteiger partial charge < -0.3 is 9.64 Å². The van der Waals surface area contributed by atoms with Gasteiger partial charge >= 0.3 is 0 Å². The van der Waals surface area contributed by atoms with Crippen LogP contribution >= 0.6 is 0 Å². The van der Waals surface area contributed by atoms with E-state index in [-0.39, 0.29) is 0 Å². The molecule has 1 rings (SSSR count). The molecule has 1 atom stereocenters. The minimum atomic E-state index is 0.324. The van der Waals surface area contributed by atoms with E-state index in [0.717, 1.165) is 45.4 Å². The van der Waals surface area contributed by atoms with Gasteiger partial charge in [-0.1, -0.05) is 13.3 Å². The first-order chi connectivity index (χ1) is 6.77. The van der Waals surface area contributed by atoms with Crippen LogP contribution in [0.3, 0.4) is 0 Å². The van der Waals surface area contributed by atoms with Crippen LogP contribution in [0.25, 0.3) is 0 Å². The van der Waals surface area contributed by atoms with Crippen LogP contribution in [0.15, 0.2) is 0 Å². The van der Waals surface area contributed by atoms with Gasteiger partial charge in [0.2, 0.25) is 5.91 Å². The number of likely N-dealkylation sites (tertiary alicyclic amines) is 1. The van der Waals surface area contributed by atoms with Crippen molar-refractivity contribution in [3.8, 4) is 0 Å². The van der Waals surface area contributed by atoms with E-state index in [2.05, 4.69) is 6.92 Å². The van der Waals surface area contributed by atoms with E-state index < -0.39 is 0 Å². The third-order valence-corrected chi connectivity index (χ3v) is 2.79. The number of methoxy groups -OCH3 is 1. The number of rotatable bonds is 5. The van der Waals surface area contributed by atoms with Gasteiger partial charge in [0.1, 0.15) is 0 Å². The summed E-state index contributed by atoms with van der Waals surface area (Å²) < 4.78 is 5.10. The Hall–Kier alpha value is -0.570. The SMILES string of the molecule is CCCCC(=O)N1CCC(COC)C1. The molecule has 0 aromatic heterocycles. The highest BCUT2D eigenvalue weighted by atomic mass is 16.5. The highest BCUT2D eigenvalue weighted by molar-refractivity contribution is 5.76. The van der Waals surface area contributed by atoms with Crippen LogP contribution in [0, 0.1) is 5.92 Å². The number of carbonyl (C=O) groups excluding carboxylic acids is 1. The van der Waals surface area contributed by atoms with Crippen molar-refractivity contribution in [3.63, 3.8) is 0 Å². The van der Waals surface area contributed by atoms with Crippen LogP contribution < -0.4 is 0 Å². The van der Waals surface area contributed by atoms with Crippen molar-refractivity contribution in [2.75, 3.05) is 26.8 Å². The summed E-state index contributed by atoms with van der Waals surface area (Å²) in [6, 6.07) is 0. The summed E-state index contributed by atoms with van der Waals surface area (Å²) in [5, 5.41) is 0. The highest BCUT2D eigenvalue weighted by Crippen LogP contribution is 2.17. The van der Waals surface area contributed by atoms with E-state index in [1.54, 1.807) is 7.11 Å². The number of unbranched alkanes of at least 4 members (excludes halogenated alkanes) is 1. The van der Waals surface area contributed by atoms with Crippen LogP contribution in [0.4, 0.5) is 0 Å². The van der Waals surface area contributed by atoms with Gasteiger partial charge in [-0.15, -0.1) is 0 Å². The van der Waals surface area contributed by atoms with Crippen molar-refractivity contribution in [1.82, 2.24) is 4.90 Å². The van der Waals surface area contributed by atoms with Gasteiger partial charge in [-0.05, 0) is 12.8 Å². The van der Waals surface area contributed by atoms with Gasteiger partial charge in [0, 0.05) is 32.5 Å². The topological polar surface area (TPSA) is 29.5 Å². The van der Waals surface area contributed by atoms with Crippen LogP contribution in [-0.2, 0) is 9.53 Å². The second-order valence-electron chi connectivity index (χ2n) is 4.05. The van der Waals surface area contributed by atoms with Gasteiger partial charge in [-0.3, -0.25) is 4.79 Å². The molecule has 0 saturated carbocycles. The molecule has 0 aromatic rings. The molecule has 0 bridgehead atoms. The fourth-order valence-electron chi connectivity index (χ4n) is 1.92. The maximum absolute atomic E-state index is 11.6. The fourth-order valence-corrected chi connectivity index (χ4v) is 1.92. The Morgan fingerprint density at radius 2 is 2.36 bits per heavy atom. The molecule has 0 spiro atoms. The fraction of sp³-hybridized carbons (Fsp3) is 0.909. The van der Waals surface area contributed by atoms with Crippen molar-refractivity contribution < 1.29 is 9.53 Å². The maximum Gasteiger partial charge on any atom is 0.222 e. The molecule has 1 aliphatic rings. The molecule has 82 valence electrons. The van der Waals surface area contributed by atoms with Gasteiger partial charge in [0.25, 0.3) is 0 Å². The Bertz CT molecular complexity index is 182. The third kappa shape index (κ3) is 3.29. The Kier molecular flexibility index (Phi) is 4.94. The number of hydrogen-bond acceptors (Lipinski definition) is 2. The first kappa shape index (κ1) is 11.5. The number of amides is 1. The second kappa shape index (κ2) is 6.02. The molecule has 3 nitrogen and oxygen atoms in total. The lowest BCUT2D eigenvalue weighted by Gasteiger charge is -2.16. The first-order valence-corrected chi connectivity index (χ1v) is 5.54. The van der Waals surface area contributed by atoms with E-state index in [1.165, 1.54) is 0 Å². The van der Waals surface area contributed by atoms with Gasteiger partial charge in [0.05, 0.1) is 6.61 Å². The smallest absolute Gasteiger partial charge is 0.222 e. The summed E-state index contributed by atoms with van der Waals surface area (Å²) in [4.78, 5) is 13.6. The van der Waals surface area contributed by atoms with E-state index in [4.69, 9.17) is 4.74 Å². The molecule has 1 saturated heterocycles. The summed E-state index contributed by atoms with van der Waals surface area (Å²) in [6.45, 7) is 4.73. The van der Waals surface area contributed by atoms with E-state index >= 15 is 0 Å². The van der Waals surface area contributed by atoms with Crippen LogP contribution in [-0.4, -0.2) is 37.6 Å². The molecule has 1 heterocycles. The van der Waals surface area contributed by atoms with Crippen molar-refractivity contribution in [3.05, 3.63) is 0 Å². The Morgan fingerprint density at radius 1 is 1.57 bits per heavy atom. The summed E-state index contributed by atoms with van der Waals surface area (Å²) in [6.07, 6.45) is 3.94. The monoisotopic (exact) mass is 199 g/mol. The second-order valence-corrected chi connectivity index (χ2v) is 4.05. The number of nitrogens with zero attached hydrogens (tertiary/aromatic N) is 1. The largest absolute Gasteiger partial charge is 0.384 e. The number of ether oxygens (including phenoxy) is 1. The molecule has 1 amide bonds. The number of carbonyl (C=O) groups is 1. The third-order valence-electron chi connectivity index (χ3n) is 2.79. The van der Waals surface area contributed by atoms with Crippen molar-refractivity contribution >= 4 is 5.91 Å². The zero-order valence-electron chi connectivity index (χ0n) is 9.29. The van der Waals surface area contributed by atoms with Gasteiger partial charge in [-0.25, -0.2) is 0 Å². The minimum Gasteiger partial charge on any atom is -0.384 e. The minimum absolute atomic E-state index is 0.324. The molecule has 14 heavy (non-hydrogen) atoms. The first-order valence-electron chi connectivity index (χ1n) is 5.54. The van der Waals surface area contributed by atoms with Crippen LogP contribution in [0.5, 0.6) is 0 Å². The van der Waals surface area contributed by atoms with Crippen LogP contribution in [0.2, 0.25) is 0 Å². The molecule has 0 radical (unpaired) electrons. The maximum atomic E-state index is 11.6. The van der Waals surface area contributed by atoms with E-state index in [0.29, 0.717) is 11.8 Å². The normalized spacial score (nSPS) is 21.6.